The lowest BCUT2D eigenvalue weighted by atomic mass is 10.0. The molecular weight excluding hydrogens is 448 g/mol. The molecule has 0 aromatic carbocycles. The molecule has 3 aromatic heterocycles. The Hall–Kier alpha value is -2.75. The number of piperidine rings is 1. The first-order valence-electron chi connectivity index (χ1n) is 11.8. The van der Waals surface area contributed by atoms with Crippen LogP contribution in [0, 0.1) is 5.92 Å². The van der Waals surface area contributed by atoms with Crippen LogP contribution in [0.4, 0.5) is 5.82 Å². The SMILES string of the molecule is COc1ccc2nccc(CCN3CC[C@@]4(NCc5ccc6c(n5)NC(=O)CS6)C[C@H]4C3)c2n1. The van der Waals surface area contributed by atoms with E-state index in [0.717, 1.165) is 60.6 Å². The van der Waals surface area contributed by atoms with Crippen LogP contribution in [-0.4, -0.2) is 63.8 Å². The van der Waals surface area contributed by atoms with Gasteiger partial charge in [-0.25, -0.2) is 9.97 Å². The molecule has 0 unspecified atom stereocenters. The summed E-state index contributed by atoms with van der Waals surface area (Å²) in [6, 6.07) is 10.1. The van der Waals surface area contributed by atoms with Crippen LogP contribution in [0.3, 0.4) is 0 Å². The molecule has 1 amide bonds. The number of carbonyl (C=O) groups excluding carboxylic acids is 1. The molecule has 2 aliphatic heterocycles. The first-order valence-corrected chi connectivity index (χ1v) is 12.8. The predicted molar refractivity (Wildman–Crippen MR) is 132 cm³/mol. The van der Waals surface area contributed by atoms with Gasteiger partial charge in [-0.15, -0.1) is 11.8 Å². The number of carbonyl (C=O) groups is 1. The molecule has 1 saturated heterocycles. The van der Waals surface area contributed by atoms with Crippen molar-refractivity contribution in [3.8, 4) is 5.88 Å². The number of thioether (sulfide) groups is 1. The zero-order valence-corrected chi connectivity index (χ0v) is 20.0. The number of nitrogens with zero attached hydrogens (tertiary/aromatic N) is 4. The third-order valence-electron chi connectivity index (χ3n) is 7.29. The van der Waals surface area contributed by atoms with Crippen molar-refractivity contribution in [2.45, 2.75) is 36.2 Å². The number of pyridine rings is 3. The molecule has 9 heteroatoms. The van der Waals surface area contributed by atoms with Crippen LogP contribution >= 0.6 is 11.8 Å². The highest BCUT2D eigenvalue weighted by molar-refractivity contribution is 8.00. The fourth-order valence-corrected chi connectivity index (χ4v) is 5.98. The van der Waals surface area contributed by atoms with Crippen LogP contribution < -0.4 is 15.4 Å². The summed E-state index contributed by atoms with van der Waals surface area (Å²) in [5.74, 6) is 2.51. The molecule has 34 heavy (non-hydrogen) atoms. The third kappa shape index (κ3) is 4.23. The monoisotopic (exact) mass is 476 g/mol. The lowest BCUT2D eigenvalue weighted by Gasteiger charge is -2.32. The van der Waals surface area contributed by atoms with Gasteiger partial charge < -0.3 is 20.3 Å². The van der Waals surface area contributed by atoms with Crippen LogP contribution in [0.2, 0.25) is 0 Å². The summed E-state index contributed by atoms with van der Waals surface area (Å²) in [5.41, 5.74) is 4.30. The molecule has 1 saturated carbocycles. The summed E-state index contributed by atoms with van der Waals surface area (Å²) < 4.78 is 5.31. The molecular formula is C25H28N6O2S. The molecule has 5 heterocycles. The molecule has 3 aliphatic rings. The average molecular weight is 477 g/mol. The number of anilines is 1. The van der Waals surface area contributed by atoms with E-state index in [9.17, 15) is 4.79 Å². The topological polar surface area (TPSA) is 92.3 Å². The van der Waals surface area contributed by atoms with Crippen molar-refractivity contribution in [1.29, 1.82) is 0 Å². The highest BCUT2D eigenvalue weighted by Gasteiger charge is 2.55. The molecule has 0 spiro atoms. The van der Waals surface area contributed by atoms with Gasteiger partial charge in [-0.2, -0.15) is 0 Å². The van der Waals surface area contributed by atoms with Gasteiger partial charge in [-0.3, -0.25) is 9.78 Å². The first kappa shape index (κ1) is 21.8. The molecule has 0 bridgehead atoms. The van der Waals surface area contributed by atoms with Crippen LogP contribution in [0.1, 0.15) is 24.1 Å². The van der Waals surface area contributed by atoms with Gasteiger partial charge in [0.05, 0.1) is 34.5 Å². The Kier molecular flexibility index (Phi) is 5.63. The smallest absolute Gasteiger partial charge is 0.235 e. The summed E-state index contributed by atoms with van der Waals surface area (Å²) in [7, 11) is 1.65. The van der Waals surface area contributed by atoms with Gasteiger partial charge in [-0.1, -0.05) is 0 Å². The number of rotatable bonds is 7. The quantitative estimate of drug-likeness (QED) is 0.538. The van der Waals surface area contributed by atoms with Crippen molar-refractivity contribution >= 4 is 34.5 Å². The second kappa shape index (κ2) is 8.79. The number of nitrogens with one attached hydrogen (secondary N) is 2. The predicted octanol–water partition coefficient (Wildman–Crippen LogP) is 2.87. The van der Waals surface area contributed by atoms with E-state index in [1.54, 1.807) is 18.9 Å². The average Bonchev–Trinajstić information content (AvgIpc) is 3.59. The molecule has 1 aliphatic carbocycles. The normalized spacial score (nSPS) is 23.8. The second-order valence-corrected chi connectivity index (χ2v) is 10.4. The largest absolute Gasteiger partial charge is 0.481 e. The number of fused-ring (bicyclic) bond motifs is 3. The molecule has 3 aromatic rings. The van der Waals surface area contributed by atoms with E-state index >= 15 is 0 Å². The molecule has 2 N–H and O–H groups in total. The van der Waals surface area contributed by atoms with Gasteiger partial charge in [-0.05, 0) is 61.6 Å². The maximum Gasteiger partial charge on any atom is 0.235 e. The summed E-state index contributed by atoms with van der Waals surface area (Å²) in [4.78, 5) is 29.0. The minimum Gasteiger partial charge on any atom is -0.481 e. The number of likely N-dealkylation sites (tertiary alicyclic amines) is 1. The summed E-state index contributed by atoms with van der Waals surface area (Å²) in [5, 5.41) is 6.68. The van der Waals surface area contributed by atoms with Crippen molar-refractivity contribution in [2.75, 3.05) is 37.8 Å². The van der Waals surface area contributed by atoms with Gasteiger partial charge >= 0.3 is 0 Å². The molecule has 8 nitrogen and oxygen atoms in total. The Morgan fingerprint density at radius 2 is 2.21 bits per heavy atom. The Morgan fingerprint density at radius 1 is 1.26 bits per heavy atom. The molecule has 0 radical (unpaired) electrons. The summed E-state index contributed by atoms with van der Waals surface area (Å²) in [6.07, 6.45) is 5.20. The van der Waals surface area contributed by atoms with Crippen LogP contribution in [0.25, 0.3) is 11.0 Å². The van der Waals surface area contributed by atoms with Crippen LogP contribution in [0.15, 0.2) is 41.4 Å². The van der Waals surface area contributed by atoms with E-state index in [0.29, 0.717) is 23.4 Å². The summed E-state index contributed by atoms with van der Waals surface area (Å²) in [6.45, 7) is 3.97. The van der Waals surface area contributed by atoms with Gasteiger partial charge in [0.1, 0.15) is 5.82 Å². The summed E-state index contributed by atoms with van der Waals surface area (Å²) >= 11 is 1.55. The van der Waals surface area contributed by atoms with Crippen LogP contribution in [0.5, 0.6) is 5.88 Å². The van der Waals surface area contributed by atoms with E-state index in [-0.39, 0.29) is 11.4 Å². The highest BCUT2D eigenvalue weighted by Crippen LogP contribution is 2.49. The van der Waals surface area contributed by atoms with E-state index < -0.39 is 0 Å². The maximum atomic E-state index is 11.7. The molecule has 176 valence electrons. The minimum atomic E-state index is 0.0259. The number of hydrogen-bond donors (Lipinski definition) is 2. The number of methoxy groups -OCH3 is 1. The standard InChI is InChI=1S/C25H28N6O2S/c1-33-22-5-3-19-23(30-22)16(6-9-26-19)7-10-31-11-8-25(12-17(25)14-31)27-13-18-2-4-20-24(28-18)29-21(32)15-34-20/h2-6,9,17,27H,7-8,10-15H2,1H3,(H,28,29,32)/t17-,25+/m0/s1. The Bertz CT molecular complexity index is 1250. The number of amides is 1. The Morgan fingerprint density at radius 3 is 3.09 bits per heavy atom. The fourth-order valence-electron chi connectivity index (χ4n) is 5.22. The molecule has 6 rings (SSSR count). The Balaban J connectivity index is 1.04. The third-order valence-corrected chi connectivity index (χ3v) is 8.33. The second-order valence-electron chi connectivity index (χ2n) is 9.39. The van der Waals surface area contributed by atoms with E-state index in [2.05, 4.69) is 48.7 Å². The van der Waals surface area contributed by atoms with Crippen molar-refractivity contribution in [2.24, 2.45) is 5.92 Å². The van der Waals surface area contributed by atoms with Gasteiger partial charge in [0, 0.05) is 37.4 Å². The zero-order valence-electron chi connectivity index (χ0n) is 19.2. The number of hydrogen-bond acceptors (Lipinski definition) is 8. The number of aromatic nitrogens is 3. The number of ether oxygens (including phenoxy) is 1. The first-order chi connectivity index (χ1) is 16.6. The van der Waals surface area contributed by atoms with Gasteiger partial charge in [0.15, 0.2) is 0 Å². The minimum absolute atomic E-state index is 0.0259. The van der Waals surface area contributed by atoms with Crippen LogP contribution in [-0.2, 0) is 17.8 Å². The lowest BCUT2D eigenvalue weighted by molar-refractivity contribution is -0.113. The van der Waals surface area contributed by atoms with Gasteiger partial charge in [0.2, 0.25) is 11.8 Å². The van der Waals surface area contributed by atoms with Crippen molar-refractivity contribution in [3.05, 3.63) is 47.8 Å². The lowest BCUT2D eigenvalue weighted by Crippen LogP contribution is -2.45. The zero-order chi connectivity index (χ0) is 23.1. The van der Waals surface area contributed by atoms with Crippen molar-refractivity contribution in [3.63, 3.8) is 0 Å². The van der Waals surface area contributed by atoms with Crippen molar-refractivity contribution in [1.82, 2.24) is 25.2 Å². The Labute approximate surface area is 202 Å². The maximum absolute atomic E-state index is 11.7. The molecule has 2 fully saturated rings. The van der Waals surface area contributed by atoms with Crippen molar-refractivity contribution < 1.29 is 9.53 Å². The molecule has 2 atom stereocenters. The van der Waals surface area contributed by atoms with Gasteiger partial charge in [0.25, 0.3) is 0 Å². The fraction of sp³-hybridized carbons (Fsp3) is 0.440. The van der Waals surface area contributed by atoms with E-state index in [4.69, 9.17) is 4.74 Å². The highest BCUT2D eigenvalue weighted by atomic mass is 32.2. The van der Waals surface area contributed by atoms with E-state index in [1.807, 2.05) is 18.3 Å². The van der Waals surface area contributed by atoms with E-state index in [1.165, 1.54) is 12.0 Å².